The molecular weight excluding hydrogens is 1340 g/mol. The molecule has 0 N–H and O–H groups in total. The molecule has 0 aliphatic carbocycles. The minimum atomic E-state index is 0.846. The molecular formula is C100H76N10. The highest BCUT2D eigenvalue weighted by molar-refractivity contribution is 5.89. The van der Waals surface area contributed by atoms with E-state index in [0.717, 1.165) is 137 Å². The van der Waals surface area contributed by atoms with Crippen molar-refractivity contribution >= 4 is 137 Å². The molecule has 10 nitrogen and oxygen atoms in total. The van der Waals surface area contributed by atoms with Gasteiger partial charge in [0.1, 0.15) is 11.6 Å². The summed E-state index contributed by atoms with van der Waals surface area (Å²) < 4.78 is 0. The van der Waals surface area contributed by atoms with Crippen molar-refractivity contribution in [3.8, 4) is 0 Å². The Balaban J connectivity index is 0.650. The van der Waals surface area contributed by atoms with Gasteiger partial charge in [-0.25, -0.2) is 9.97 Å². The Labute approximate surface area is 643 Å². The quantitative estimate of drug-likeness (QED) is 0.0585. The molecule has 17 aromatic rings. The maximum absolute atomic E-state index is 4.75. The Bertz CT molecular complexity index is 5280. The van der Waals surface area contributed by atoms with Gasteiger partial charge in [0.2, 0.25) is 0 Å². The van der Waals surface area contributed by atoms with E-state index in [9.17, 15) is 0 Å². The number of benzene rings is 15. The van der Waals surface area contributed by atoms with Crippen molar-refractivity contribution in [2.24, 2.45) is 0 Å². The number of aromatic nitrogens is 2. The third kappa shape index (κ3) is 14.8. The van der Waals surface area contributed by atoms with E-state index in [1.165, 1.54) is 0 Å². The van der Waals surface area contributed by atoms with Crippen molar-refractivity contribution in [3.05, 3.63) is 461 Å². The molecule has 0 amide bonds. The summed E-state index contributed by atoms with van der Waals surface area (Å²) in [4.78, 5) is 27.8. The Kier molecular flexibility index (Phi) is 19.9. The Hall–Kier alpha value is -15.0. The highest BCUT2D eigenvalue weighted by Crippen LogP contribution is 2.47. The minimum absolute atomic E-state index is 0.846. The molecule has 0 saturated carbocycles. The zero-order valence-electron chi connectivity index (χ0n) is 60.4. The first kappa shape index (κ1) is 68.1. The highest BCUT2D eigenvalue weighted by Gasteiger charge is 2.24. The van der Waals surface area contributed by atoms with Crippen LogP contribution in [0.2, 0.25) is 0 Å². The van der Waals surface area contributed by atoms with Crippen LogP contribution >= 0.6 is 0 Å². The molecule has 17 rings (SSSR count). The lowest BCUT2D eigenvalue weighted by Crippen LogP contribution is -2.14. The first-order valence-electron chi connectivity index (χ1n) is 36.9. The van der Waals surface area contributed by atoms with E-state index in [-0.39, 0.29) is 0 Å². The van der Waals surface area contributed by atoms with Gasteiger partial charge >= 0.3 is 0 Å². The SMILES string of the molecule is c1ccc(N(c2ccc(N(c3ccccc3)c3ccc(N(c4ccccc4)c4ccc(N(c5ccccc5)c5ccc(N(c6ccccc6)c6ccccn6)cc5)cc4)cc3)cc2)c2ccc(N(c3ccccc3)c3ccc(N(c4ccccc4)c4ccc(N(c5ccccc5)c5ccccn5)cc4)cc3)cc2)cc1. The fourth-order valence-corrected chi connectivity index (χ4v) is 14.4. The van der Waals surface area contributed by atoms with Crippen LogP contribution < -0.4 is 39.2 Å². The van der Waals surface area contributed by atoms with Crippen LogP contribution in [0, 0.1) is 0 Å². The average molecular weight is 1420 g/mol. The molecule has 0 aliphatic rings. The Morgan fingerprint density at radius 3 is 0.336 bits per heavy atom. The molecule has 10 heteroatoms. The van der Waals surface area contributed by atoms with Gasteiger partial charge in [-0.1, -0.05) is 158 Å². The van der Waals surface area contributed by atoms with Gasteiger partial charge in [0.05, 0.1) is 0 Å². The standard InChI is InChI=1S/C100H76N10/c1-9-29-77(30-10-1)103(87-51-55-89(56-52-87)105(79-33-13-3-14-34-79)91-59-63-93(64-60-91)107(81-37-17-5-18-38-81)95-67-71-97(72-68-95)109(83-41-21-7-22-42-83)99-45-25-27-75-101-99)85-47-49-86(50-48-85)104(78-31-11-2-12-32-78)88-53-57-90(58-54-88)106(80-35-15-4-16-36-80)92-61-65-94(66-62-92)108(82-39-19-6-20-40-82)96-69-73-98(74-70-96)110(84-43-23-8-24-44-84)100-46-26-28-76-102-100/h1-76H. The molecule has 0 atom stereocenters. The van der Waals surface area contributed by atoms with Crippen molar-refractivity contribution in [1.29, 1.82) is 0 Å². The van der Waals surface area contributed by atoms with E-state index < -0.39 is 0 Å². The van der Waals surface area contributed by atoms with Crippen LogP contribution in [0.1, 0.15) is 0 Å². The molecule has 0 unspecified atom stereocenters. The number of hydrogen-bond acceptors (Lipinski definition) is 10. The topological polar surface area (TPSA) is 51.7 Å². The maximum Gasteiger partial charge on any atom is 0.137 e. The molecule has 15 aromatic carbocycles. The van der Waals surface area contributed by atoms with Gasteiger partial charge in [0.25, 0.3) is 0 Å². The van der Waals surface area contributed by atoms with Gasteiger partial charge in [-0.3, -0.25) is 9.80 Å². The third-order valence-corrected chi connectivity index (χ3v) is 19.4. The summed E-state index contributed by atoms with van der Waals surface area (Å²) in [7, 11) is 0. The number of para-hydroxylation sites is 8. The van der Waals surface area contributed by atoms with Crippen LogP contribution in [-0.2, 0) is 0 Å². The van der Waals surface area contributed by atoms with Gasteiger partial charge in [-0.2, -0.15) is 0 Å². The van der Waals surface area contributed by atoms with E-state index in [4.69, 9.17) is 9.97 Å². The normalized spacial score (nSPS) is 10.9. The smallest absolute Gasteiger partial charge is 0.137 e. The van der Waals surface area contributed by atoms with Crippen molar-refractivity contribution in [2.45, 2.75) is 0 Å². The number of rotatable bonds is 24. The van der Waals surface area contributed by atoms with Crippen LogP contribution in [-0.4, -0.2) is 9.97 Å². The molecule has 0 radical (unpaired) electrons. The third-order valence-electron chi connectivity index (χ3n) is 19.4. The van der Waals surface area contributed by atoms with E-state index in [1.807, 2.05) is 60.9 Å². The fourth-order valence-electron chi connectivity index (χ4n) is 14.4. The van der Waals surface area contributed by atoms with Crippen molar-refractivity contribution in [1.82, 2.24) is 9.97 Å². The van der Waals surface area contributed by atoms with E-state index in [0.29, 0.717) is 0 Å². The van der Waals surface area contributed by atoms with Crippen LogP contribution in [0.5, 0.6) is 0 Å². The number of nitrogens with zero attached hydrogens (tertiary/aromatic N) is 10. The Morgan fingerprint density at radius 2 is 0.209 bits per heavy atom. The van der Waals surface area contributed by atoms with Crippen molar-refractivity contribution in [3.63, 3.8) is 0 Å². The van der Waals surface area contributed by atoms with E-state index >= 15 is 0 Å². The fraction of sp³-hybridized carbons (Fsp3) is 0. The second-order valence-corrected chi connectivity index (χ2v) is 26.4. The minimum Gasteiger partial charge on any atom is -0.311 e. The summed E-state index contributed by atoms with van der Waals surface area (Å²) in [5.41, 5.74) is 22.7. The lowest BCUT2D eigenvalue weighted by atomic mass is 10.1. The number of hydrogen-bond donors (Lipinski definition) is 0. The van der Waals surface area contributed by atoms with Gasteiger partial charge < -0.3 is 29.4 Å². The Morgan fingerprint density at radius 1 is 0.100 bits per heavy atom. The molecule has 2 heterocycles. The summed E-state index contributed by atoms with van der Waals surface area (Å²) in [5.74, 6) is 1.69. The maximum atomic E-state index is 4.75. The zero-order valence-corrected chi connectivity index (χ0v) is 60.4. The van der Waals surface area contributed by atoms with Gasteiger partial charge in [0.15, 0.2) is 0 Å². The molecule has 0 fully saturated rings. The molecule has 0 aliphatic heterocycles. The predicted molar refractivity (Wildman–Crippen MR) is 459 cm³/mol. The van der Waals surface area contributed by atoms with Crippen molar-refractivity contribution < 1.29 is 0 Å². The van der Waals surface area contributed by atoms with E-state index in [1.54, 1.807) is 0 Å². The predicted octanol–water partition coefficient (Wildman–Crippen LogP) is 28.2. The molecule has 0 saturated heterocycles. The number of anilines is 24. The highest BCUT2D eigenvalue weighted by atomic mass is 15.2. The average Bonchev–Trinajstić information content (AvgIpc) is 0.789. The van der Waals surface area contributed by atoms with Crippen LogP contribution in [0.4, 0.5) is 137 Å². The van der Waals surface area contributed by atoms with Crippen LogP contribution in [0.15, 0.2) is 461 Å². The summed E-state index contributed by atoms with van der Waals surface area (Å²) in [6.45, 7) is 0. The molecule has 0 bridgehead atoms. The zero-order chi connectivity index (χ0) is 73.6. The summed E-state index contributed by atoms with van der Waals surface area (Å²) in [6.07, 6.45) is 3.67. The van der Waals surface area contributed by atoms with Gasteiger partial charge in [0, 0.05) is 138 Å². The summed E-state index contributed by atoms with van der Waals surface area (Å²) in [5, 5.41) is 0. The van der Waals surface area contributed by atoms with Crippen LogP contribution in [0.3, 0.4) is 0 Å². The monoisotopic (exact) mass is 1420 g/mol. The largest absolute Gasteiger partial charge is 0.311 e. The van der Waals surface area contributed by atoms with Crippen molar-refractivity contribution in [2.75, 3.05) is 39.2 Å². The lowest BCUT2D eigenvalue weighted by molar-refractivity contribution is 1.18. The summed E-state index contributed by atoms with van der Waals surface area (Å²) >= 11 is 0. The lowest BCUT2D eigenvalue weighted by Gasteiger charge is -2.30. The molecule has 0 spiro atoms. The molecule has 526 valence electrons. The van der Waals surface area contributed by atoms with E-state index in [2.05, 4.69) is 440 Å². The summed E-state index contributed by atoms with van der Waals surface area (Å²) in [6, 6.07) is 158. The second-order valence-electron chi connectivity index (χ2n) is 26.4. The first-order valence-corrected chi connectivity index (χ1v) is 36.9. The molecule has 110 heavy (non-hydrogen) atoms. The first-order chi connectivity index (χ1) is 54.6. The van der Waals surface area contributed by atoms with Gasteiger partial charge in [-0.05, 0) is 291 Å². The second kappa shape index (κ2) is 32.2. The van der Waals surface area contributed by atoms with Gasteiger partial charge in [-0.15, -0.1) is 0 Å². The number of pyridine rings is 2. The molecule has 2 aromatic heterocycles. The van der Waals surface area contributed by atoms with Crippen LogP contribution in [0.25, 0.3) is 0 Å².